The van der Waals surface area contributed by atoms with Crippen molar-refractivity contribution in [1.82, 2.24) is 10.3 Å². The number of hydrogen-bond donors (Lipinski definition) is 1. The number of ether oxygens (including phenoxy) is 2. The number of amides is 1. The molecule has 1 amide bonds. The third-order valence-electron chi connectivity index (χ3n) is 4.20. The summed E-state index contributed by atoms with van der Waals surface area (Å²) in [6.07, 6.45) is 4.26. The molecule has 0 atom stereocenters. The molecule has 6 nitrogen and oxygen atoms in total. The number of esters is 1. The van der Waals surface area contributed by atoms with E-state index in [0.29, 0.717) is 5.01 Å². The van der Waals surface area contributed by atoms with E-state index in [-0.39, 0.29) is 30.9 Å². The second-order valence-corrected chi connectivity index (χ2v) is 7.30. The topological polar surface area (TPSA) is 77.5 Å². The molecule has 1 heterocycles. The number of aromatic nitrogens is 1. The molecule has 3 rings (SSSR count). The lowest BCUT2D eigenvalue weighted by molar-refractivity contribution is -0.124. The minimum atomic E-state index is -0.593. The first-order valence-corrected chi connectivity index (χ1v) is 9.58. The van der Waals surface area contributed by atoms with Crippen LogP contribution in [0.15, 0.2) is 29.6 Å². The molecule has 0 spiro atoms. The van der Waals surface area contributed by atoms with Crippen molar-refractivity contribution in [2.45, 2.75) is 45.3 Å². The zero-order valence-corrected chi connectivity index (χ0v) is 15.5. The van der Waals surface area contributed by atoms with Crippen LogP contribution in [0.1, 0.15) is 46.7 Å². The summed E-state index contributed by atoms with van der Waals surface area (Å²) in [5, 5.41) is 5.17. The average Bonchev–Trinajstić information content (AvgIpc) is 3.31. The quantitative estimate of drug-likeness (QED) is 0.753. The van der Waals surface area contributed by atoms with Crippen LogP contribution in [0.3, 0.4) is 0 Å². The van der Waals surface area contributed by atoms with Gasteiger partial charge in [-0.15, -0.1) is 11.3 Å². The fraction of sp³-hybridized carbons (Fsp3) is 0.421. The second kappa shape index (κ2) is 8.80. The van der Waals surface area contributed by atoms with Crippen LogP contribution in [-0.4, -0.2) is 29.5 Å². The van der Waals surface area contributed by atoms with Gasteiger partial charge >= 0.3 is 5.97 Å². The molecular formula is C19H22N2O4S. The molecule has 7 heteroatoms. The van der Waals surface area contributed by atoms with Crippen LogP contribution in [0.2, 0.25) is 0 Å². The normalized spacial score (nSPS) is 14.2. The van der Waals surface area contributed by atoms with Crippen molar-refractivity contribution in [3.63, 3.8) is 0 Å². The Morgan fingerprint density at radius 1 is 1.23 bits per heavy atom. The molecule has 1 aliphatic carbocycles. The molecule has 2 aromatic rings. The Balaban J connectivity index is 1.43. The molecule has 0 radical (unpaired) electrons. The molecule has 0 bridgehead atoms. The smallest absolute Gasteiger partial charge is 0.358 e. The summed E-state index contributed by atoms with van der Waals surface area (Å²) in [6, 6.07) is 7.93. The standard InChI is InChI=1S/C19H22N2O4S/c1-13-6-8-15(9-7-13)24-11-18-21-16(12-26-18)19(23)25-10-17(22)20-14-4-2-3-5-14/h6-9,12,14H,2-5,10-11H2,1H3,(H,20,22). The number of thiazole rings is 1. The molecule has 1 aliphatic rings. The van der Waals surface area contributed by atoms with E-state index in [4.69, 9.17) is 9.47 Å². The lowest BCUT2D eigenvalue weighted by atomic mass is 10.2. The van der Waals surface area contributed by atoms with E-state index in [0.717, 1.165) is 37.0 Å². The maximum atomic E-state index is 12.0. The number of nitrogens with zero attached hydrogens (tertiary/aromatic N) is 1. The first-order chi connectivity index (χ1) is 12.6. The summed E-state index contributed by atoms with van der Waals surface area (Å²) in [4.78, 5) is 28.0. The summed E-state index contributed by atoms with van der Waals surface area (Å²) in [5.74, 6) is -0.105. The van der Waals surface area contributed by atoms with Crippen molar-refractivity contribution in [2.24, 2.45) is 0 Å². The minimum Gasteiger partial charge on any atom is -0.486 e. The maximum Gasteiger partial charge on any atom is 0.358 e. The van der Waals surface area contributed by atoms with E-state index in [1.807, 2.05) is 31.2 Å². The van der Waals surface area contributed by atoms with Crippen molar-refractivity contribution in [2.75, 3.05) is 6.61 Å². The fourth-order valence-electron chi connectivity index (χ4n) is 2.80. The van der Waals surface area contributed by atoms with Gasteiger partial charge in [0, 0.05) is 11.4 Å². The Morgan fingerprint density at radius 2 is 1.96 bits per heavy atom. The van der Waals surface area contributed by atoms with Crippen LogP contribution in [0, 0.1) is 6.92 Å². The molecule has 1 aromatic heterocycles. The Hall–Kier alpha value is -2.41. The third kappa shape index (κ3) is 5.29. The first kappa shape index (κ1) is 18.4. The molecule has 26 heavy (non-hydrogen) atoms. The lowest BCUT2D eigenvalue weighted by Crippen LogP contribution is -2.35. The molecule has 1 fully saturated rings. The molecule has 0 unspecified atom stereocenters. The van der Waals surface area contributed by atoms with Crippen LogP contribution in [0.4, 0.5) is 0 Å². The van der Waals surface area contributed by atoms with E-state index < -0.39 is 5.97 Å². The highest BCUT2D eigenvalue weighted by Gasteiger charge is 2.19. The van der Waals surface area contributed by atoms with E-state index >= 15 is 0 Å². The van der Waals surface area contributed by atoms with Crippen LogP contribution < -0.4 is 10.1 Å². The highest BCUT2D eigenvalue weighted by atomic mass is 32.1. The largest absolute Gasteiger partial charge is 0.486 e. The first-order valence-electron chi connectivity index (χ1n) is 8.70. The number of carbonyl (C=O) groups excluding carboxylic acids is 2. The maximum absolute atomic E-state index is 12.0. The Labute approximate surface area is 156 Å². The van der Waals surface area contributed by atoms with Gasteiger partial charge in [0.05, 0.1) is 0 Å². The van der Waals surface area contributed by atoms with Crippen molar-refractivity contribution >= 4 is 23.2 Å². The average molecular weight is 374 g/mol. The monoisotopic (exact) mass is 374 g/mol. The zero-order chi connectivity index (χ0) is 18.4. The van der Waals surface area contributed by atoms with Gasteiger partial charge in [0.1, 0.15) is 17.4 Å². The molecule has 138 valence electrons. The molecule has 1 saturated carbocycles. The van der Waals surface area contributed by atoms with Crippen LogP contribution in [-0.2, 0) is 16.1 Å². The van der Waals surface area contributed by atoms with Gasteiger partial charge < -0.3 is 14.8 Å². The highest BCUT2D eigenvalue weighted by molar-refractivity contribution is 7.09. The SMILES string of the molecule is Cc1ccc(OCc2nc(C(=O)OCC(=O)NC3CCCC3)cs2)cc1. The Kier molecular flexibility index (Phi) is 6.22. The van der Waals surface area contributed by atoms with Crippen molar-refractivity contribution in [1.29, 1.82) is 0 Å². The van der Waals surface area contributed by atoms with Gasteiger partial charge in [0.2, 0.25) is 0 Å². The van der Waals surface area contributed by atoms with Crippen LogP contribution >= 0.6 is 11.3 Å². The summed E-state index contributed by atoms with van der Waals surface area (Å²) >= 11 is 1.32. The van der Waals surface area contributed by atoms with Crippen molar-refractivity contribution < 1.29 is 19.1 Å². The number of rotatable bonds is 7. The van der Waals surface area contributed by atoms with Gasteiger partial charge in [-0.1, -0.05) is 30.5 Å². The predicted octanol–water partition coefficient (Wildman–Crippen LogP) is 3.25. The predicted molar refractivity (Wildman–Crippen MR) is 98.3 cm³/mol. The van der Waals surface area contributed by atoms with Gasteiger partial charge in [-0.2, -0.15) is 0 Å². The summed E-state index contributed by atoms with van der Waals surface area (Å²) < 4.78 is 10.7. The van der Waals surface area contributed by atoms with E-state index in [1.54, 1.807) is 5.38 Å². The van der Waals surface area contributed by atoms with Gasteiger partial charge in [-0.25, -0.2) is 9.78 Å². The highest BCUT2D eigenvalue weighted by Crippen LogP contribution is 2.18. The minimum absolute atomic E-state index is 0.200. The zero-order valence-electron chi connectivity index (χ0n) is 14.7. The van der Waals surface area contributed by atoms with Gasteiger partial charge in [-0.3, -0.25) is 4.79 Å². The number of benzene rings is 1. The second-order valence-electron chi connectivity index (χ2n) is 6.35. The van der Waals surface area contributed by atoms with Crippen LogP contribution in [0.5, 0.6) is 5.75 Å². The van der Waals surface area contributed by atoms with E-state index in [1.165, 1.54) is 11.3 Å². The Morgan fingerprint density at radius 3 is 2.69 bits per heavy atom. The number of carbonyl (C=O) groups is 2. The number of aryl methyl sites for hydroxylation is 1. The fourth-order valence-corrected chi connectivity index (χ4v) is 3.47. The summed E-state index contributed by atoms with van der Waals surface area (Å²) in [7, 11) is 0. The molecule has 0 saturated heterocycles. The van der Waals surface area contributed by atoms with Gasteiger partial charge in [0.25, 0.3) is 5.91 Å². The Bertz CT molecular complexity index is 751. The number of hydrogen-bond acceptors (Lipinski definition) is 6. The van der Waals surface area contributed by atoms with Crippen LogP contribution in [0.25, 0.3) is 0 Å². The van der Waals surface area contributed by atoms with Gasteiger partial charge in [0.15, 0.2) is 12.3 Å². The van der Waals surface area contributed by atoms with E-state index in [9.17, 15) is 9.59 Å². The molecule has 0 aliphatic heterocycles. The third-order valence-corrected chi connectivity index (χ3v) is 5.02. The molecule has 1 N–H and O–H groups in total. The number of nitrogens with one attached hydrogen (secondary N) is 1. The molecule has 1 aromatic carbocycles. The summed E-state index contributed by atoms with van der Waals surface area (Å²) in [5.41, 5.74) is 1.36. The van der Waals surface area contributed by atoms with Crippen molar-refractivity contribution in [3.8, 4) is 5.75 Å². The van der Waals surface area contributed by atoms with Crippen molar-refractivity contribution in [3.05, 3.63) is 45.9 Å². The molecular weight excluding hydrogens is 352 g/mol. The summed E-state index contributed by atoms with van der Waals surface area (Å²) in [6.45, 7) is 2.02. The lowest BCUT2D eigenvalue weighted by Gasteiger charge is -2.11. The van der Waals surface area contributed by atoms with E-state index in [2.05, 4.69) is 10.3 Å². The van der Waals surface area contributed by atoms with Gasteiger partial charge in [-0.05, 0) is 31.9 Å².